The number of pyridine rings is 1. The van der Waals surface area contributed by atoms with E-state index in [1.165, 1.54) is 16.7 Å². The lowest BCUT2D eigenvalue weighted by molar-refractivity contribution is -0.192. The molecule has 0 bridgehead atoms. The number of hydrogen-bond donors (Lipinski definition) is 5. The van der Waals surface area contributed by atoms with E-state index >= 15 is 0 Å². The van der Waals surface area contributed by atoms with Gasteiger partial charge in [-0.15, -0.1) is 0 Å². The average Bonchev–Trinajstić information content (AvgIpc) is 3.87. The van der Waals surface area contributed by atoms with Crippen LogP contribution < -0.4 is 10.2 Å². The van der Waals surface area contributed by atoms with Crippen molar-refractivity contribution in [1.29, 1.82) is 0 Å². The van der Waals surface area contributed by atoms with Gasteiger partial charge in [-0.3, -0.25) is 9.55 Å². The summed E-state index contributed by atoms with van der Waals surface area (Å²) in [5, 5.41) is 41.7. The molecule has 16 heteroatoms. The molecule has 51 heavy (non-hydrogen) atoms. The number of hydrogen-bond acceptors (Lipinski definition) is 11. The number of halogens is 3. The molecule has 5 aromatic rings. The smallest absolute Gasteiger partial charge is 0.475 e. The number of imidazole rings is 1. The minimum absolute atomic E-state index is 0.0521. The molecule has 5 heterocycles. The van der Waals surface area contributed by atoms with Crippen LogP contribution >= 0.6 is 0 Å². The molecular formula is C35H36F3N7O6. The normalized spacial score (nSPS) is 21.9. The number of carboxylic acids is 1. The number of aliphatic hydroxyl groups excluding tert-OH is 3. The standard InChI is InChI=1S/C33H35N7O4.C2HF3O2/c41-19-26-28(42)29(43)32(44-26)40-20-36-27-30(35-17-25(22-7-3-1-4-8-22)23-9-5-2-6-10-23)37-33(38-31(27)40)39-16-13-24(18-39)21-11-14-34-15-12-21;3-2(4,5)1(6)7/h1-12,14-15,20,24-26,28-29,32,41-43H,13,16-19H2,(H,35,37,38);(H,6,7)/t24?,26-,28-,29-,32-;/m1./s1. The number of aliphatic carboxylic acids is 1. The van der Waals surface area contributed by atoms with Crippen LogP contribution in [0.4, 0.5) is 24.9 Å². The van der Waals surface area contributed by atoms with E-state index in [9.17, 15) is 28.5 Å². The van der Waals surface area contributed by atoms with Gasteiger partial charge in [-0.05, 0) is 35.2 Å². The van der Waals surface area contributed by atoms with Crippen LogP contribution in [-0.2, 0) is 9.53 Å². The lowest BCUT2D eigenvalue weighted by Crippen LogP contribution is -2.33. The Balaban J connectivity index is 0.000000582. The summed E-state index contributed by atoms with van der Waals surface area (Å²) >= 11 is 0. The molecule has 0 amide bonds. The molecular weight excluding hydrogens is 671 g/mol. The number of anilines is 2. The summed E-state index contributed by atoms with van der Waals surface area (Å²) < 4.78 is 39.2. The van der Waals surface area contributed by atoms with Crippen LogP contribution in [0.5, 0.6) is 0 Å². The van der Waals surface area contributed by atoms with E-state index in [2.05, 4.69) is 56.6 Å². The predicted molar refractivity (Wildman–Crippen MR) is 179 cm³/mol. The molecule has 1 unspecified atom stereocenters. The van der Waals surface area contributed by atoms with Gasteiger partial charge >= 0.3 is 12.1 Å². The SMILES string of the molecule is O=C(O)C(F)(F)F.OC[C@H]1O[C@@H](n2cnc3c(NCC(c4ccccc4)c4ccccc4)nc(N4CCC(c5ccncc5)C4)nc32)[C@H](O)[C@@H]1O. The van der Waals surface area contributed by atoms with E-state index in [-0.39, 0.29) is 5.92 Å². The lowest BCUT2D eigenvalue weighted by atomic mass is 9.91. The summed E-state index contributed by atoms with van der Waals surface area (Å²) in [5.74, 6) is -1.27. The van der Waals surface area contributed by atoms with E-state index in [0.29, 0.717) is 35.4 Å². The van der Waals surface area contributed by atoms with E-state index in [1.54, 1.807) is 10.9 Å². The third-order valence-corrected chi connectivity index (χ3v) is 8.97. The number of benzene rings is 2. The molecule has 0 saturated carbocycles. The van der Waals surface area contributed by atoms with Crippen molar-refractivity contribution in [1.82, 2.24) is 24.5 Å². The van der Waals surface area contributed by atoms with Gasteiger partial charge in [0, 0.05) is 43.9 Å². The fourth-order valence-corrected chi connectivity index (χ4v) is 6.31. The third kappa shape index (κ3) is 7.93. The molecule has 2 aromatic carbocycles. The maximum absolute atomic E-state index is 10.8. The van der Waals surface area contributed by atoms with E-state index in [4.69, 9.17) is 24.6 Å². The molecule has 0 radical (unpaired) electrons. The Morgan fingerprint density at radius 1 is 0.961 bits per heavy atom. The molecule has 0 aliphatic carbocycles. The van der Waals surface area contributed by atoms with Crippen molar-refractivity contribution < 1.29 is 43.1 Å². The van der Waals surface area contributed by atoms with Gasteiger partial charge in [0.1, 0.15) is 18.3 Å². The summed E-state index contributed by atoms with van der Waals surface area (Å²) in [4.78, 5) is 29.8. The third-order valence-electron chi connectivity index (χ3n) is 8.97. The zero-order valence-corrected chi connectivity index (χ0v) is 27.1. The summed E-state index contributed by atoms with van der Waals surface area (Å²) in [6.45, 7) is 1.66. The van der Waals surface area contributed by atoms with Crippen molar-refractivity contribution >= 4 is 28.9 Å². The Labute approximate surface area is 290 Å². The van der Waals surface area contributed by atoms with Crippen LogP contribution in [0, 0.1) is 0 Å². The number of aliphatic hydroxyl groups is 3. The van der Waals surface area contributed by atoms with Crippen molar-refractivity contribution in [2.75, 3.05) is 36.5 Å². The molecule has 5 atom stereocenters. The quantitative estimate of drug-likeness (QED) is 0.150. The number of alkyl halides is 3. The number of ether oxygens (including phenoxy) is 1. The Kier molecular flexibility index (Phi) is 10.8. The number of carboxylic acid groups (broad SMARTS) is 1. The number of nitrogens with one attached hydrogen (secondary N) is 1. The molecule has 0 spiro atoms. The molecule has 13 nitrogen and oxygen atoms in total. The molecule has 2 aliphatic heterocycles. The fraction of sp³-hybridized carbons (Fsp3) is 0.343. The molecule has 7 rings (SSSR count). The number of aromatic nitrogens is 5. The summed E-state index contributed by atoms with van der Waals surface area (Å²) in [7, 11) is 0. The van der Waals surface area contributed by atoms with Crippen molar-refractivity contribution in [2.24, 2.45) is 0 Å². The Hall–Kier alpha value is -5.16. The van der Waals surface area contributed by atoms with Crippen molar-refractivity contribution in [3.63, 3.8) is 0 Å². The van der Waals surface area contributed by atoms with E-state index in [1.807, 2.05) is 48.8 Å². The second-order valence-electron chi connectivity index (χ2n) is 12.2. The largest absolute Gasteiger partial charge is 0.490 e. The van der Waals surface area contributed by atoms with Gasteiger partial charge in [-0.25, -0.2) is 9.78 Å². The number of carbonyl (C=O) groups is 1. The van der Waals surface area contributed by atoms with E-state index in [0.717, 1.165) is 19.5 Å². The van der Waals surface area contributed by atoms with Crippen molar-refractivity contribution in [2.45, 2.75) is 49.0 Å². The van der Waals surface area contributed by atoms with Crippen molar-refractivity contribution in [3.8, 4) is 0 Å². The number of nitrogens with zero attached hydrogens (tertiary/aromatic N) is 6. The number of rotatable bonds is 9. The van der Waals surface area contributed by atoms with Crippen LogP contribution in [0.15, 0.2) is 91.5 Å². The monoisotopic (exact) mass is 707 g/mol. The maximum Gasteiger partial charge on any atom is 0.490 e. The minimum Gasteiger partial charge on any atom is -0.475 e. The predicted octanol–water partition coefficient (Wildman–Crippen LogP) is 3.70. The second kappa shape index (κ2) is 15.4. The summed E-state index contributed by atoms with van der Waals surface area (Å²) in [5.41, 5.74) is 4.57. The maximum atomic E-state index is 10.8. The Bertz CT molecular complexity index is 1860. The zero-order valence-electron chi connectivity index (χ0n) is 27.1. The van der Waals surface area contributed by atoms with Crippen molar-refractivity contribution in [3.05, 3.63) is 108 Å². The van der Waals surface area contributed by atoms with E-state index < -0.39 is 43.3 Å². The first kappa shape index (κ1) is 35.7. The van der Waals surface area contributed by atoms with Gasteiger partial charge in [0.2, 0.25) is 5.95 Å². The lowest BCUT2D eigenvalue weighted by Gasteiger charge is -2.22. The first-order valence-corrected chi connectivity index (χ1v) is 16.2. The molecule has 5 N–H and O–H groups in total. The highest BCUT2D eigenvalue weighted by Gasteiger charge is 2.44. The molecule has 268 valence electrons. The highest BCUT2D eigenvalue weighted by molar-refractivity contribution is 5.84. The number of fused-ring (bicyclic) bond motifs is 1. The van der Waals surface area contributed by atoms with Gasteiger partial charge in [-0.1, -0.05) is 60.7 Å². The van der Waals surface area contributed by atoms with Gasteiger partial charge in [0.05, 0.1) is 12.9 Å². The van der Waals surface area contributed by atoms with Crippen LogP contribution in [0.1, 0.15) is 41.2 Å². The molecule has 2 fully saturated rings. The van der Waals surface area contributed by atoms with Gasteiger partial charge in [0.25, 0.3) is 0 Å². The topological polar surface area (TPSA) is 179 Å². The zero-order chi connectivity index (χ0) is 36.1. The second-order valence-corrected chi connectivity index (χ2v) is 12.2. The Morgan fingerprint density at radius 3 is 2.16 bits per heavy atom. The molecule has 3 aromatic heterocycles. The summed E-state index contributed by atoms with van der Waals surface area (Å²) in [6, 6.07) is 24.8. The highest BCUT2D eigenvalue weighted by Crippen LogP contribution is 2.35. The molecule has 2 aliphatic rings. The van der Waals surface area contributed by atoms with Gasteiger partial charge < -0.3 is 35.4 Å². The van der Waals surface area contributed by atoms with Crippen LogP contribution in [-0.4, -0.2) is 102 Å². The van der Waals surface area contributed by atoms with Gasteiger partial charge in [0.15, 0.2) is 23.2 Å². The fourth-order valence-electron chi connectivity index (χ4n) is 6.31. The average molecular weight is 708 g/mol. The summed E-state index contributed by atoms with van der Waals surface area (Å²) in [6.07, 6.45) is -3.33. The molecule has 2 saturated heterocycles. The van der Waals surface area contributed by atoms with Crippen LogP contribution in [0.2, 0.25) is 0 Å². The first-order chi connectivity index (χ1) is 24.5. The minimum atomic E-state index is -5.08. The van der Waals surface area contributed by atoms with Gasteiger partial charge in [-0.2, -0.15) is 23.1 Å². The van der Waals surface area contributed by atoms with Crippen LogP contribution in [0.25, 0.3) is 11.2 Å². The Morgan fingerprint density at radius 2 is 1.59 bits per heavy atom. The van der Waals surface area contributed by atoms with Crippen LogP contribution in [0.3, 0.4) is 0 Å². The first-order valence-electron chi connectivity index (χ1n) is 16.2. The highest BCUT2D eigenvalue weighted by atomic mass is 19.4.